The number of hydrogen-bond donors (Lipinski definition) is 1. The van der Waals surface area contributed by atoms with Gasteiger partial charge in [-0.25, -0.2) is 8.42 Å². The molecule has 0 saturated carbocycles. The number of sulfonamides is 1. The topological polar surface area (TPSA) is 105 Å². The van der Waals surface area contributed by atoms with Gasteiger partial charge in [-0.1, -0.05) is 54.4 Å². The van der Waals surface area contributed by atoms with E-state index >= 15 is 0 Å². The molecule has 12 heteroatoms. The van der Waals surface area contributed by atoms with Crippen LogP contribution in [0.5, 0.6) is 11.5 Å². The average Bonchev–Trinajstić information content (AvgIpc) is 2.97. The largest absolute Gasteiger partial charge is 0.497 e. The summed E-state index contributed by atoms with van der Waals surface area (Å²) in [4.78, 5) is 28.2. The van der Waals surface area contributed by atoms with E-state index in [1.54, 1.807) is 55.5 Å². The van der Waals surface area contributed by atoms with Gasteiger partial charge in [0.15, 0.2) is 0 Å². The second-order valence-corrected chi connectivity index (χ2v) is 11.3. The van der Waals surface area contributed by atoms with Gasteiger partial charge in [0, 0.05) is 19.7 Å². The van der Waals surface area contributed by atoms with Crippen LogP contribution < -0.4 is 19.1 Å². The lowest BCUT2D eigenvalue weighted by Crippen LogP contribution is -2.51. The number of carbonyl (C=O) groups is 2. The van der Waals surface area contributed by atoms with Crippen molar-refractivity contribution < 1.29 is 27.5 Å². The monoisotopic (exact) mass is 607 g/mol. The number of methoxy groups -OCH3 is 2. The van der Waals surface area contributed by atoms with E-state index in [1.165, 1.54) is 44.4 Å². The Morgan fingerprint density at radius 3 is 2.23 bits per heavy atom. The van der Waals surface area contributed by atoms with E-state index in [4.69, 9.17) is 32.7 Å². The Bertz CT molecular complexity index is 1450. The number of likely N-dealkylation sites (N-methyl/N-ethyl adjacent to an activating group) is 1. The molecule has 0 saturated heterocycles. The Morgan fingerprint density at radius 2 is 1.65 bits per heavy atom. The van der Waals surface area contributed by atoms with Gasteiger partial charge in [-0.15, -0.1) is 0 Å². The van der Waals surface area contributed by atoms with Crippen molar-refractivity contribution in [1.82, 2.24) is 10.2 Å². The number of carbonyl (C=O) groups excluding carboxylic acids is 2. The molecule has 9 nitrogen and oxygen atoms in total. The lowest BCUT2D eigenvalue weighted by molar-refractivity contribution is -0.140. The second kappa shape index (κ2) is 13.7. The van der Waals surface area contributed by atoms with E-state index in [9.17, 15) is 18.0 Å². The third-order valence-corrected chi connectivity index (χ3v) is 8.75. The Labute approximate surface area is 244 Å². The molecule has 0 aliphatic heterocycles. The number of halogens is 2. The second-order valence-electron chi connectivity index (χ2n) is 8.67. The van der Waals surface area contributed by atoms with E-state index in [0.717, 1.165) is 4.31 Å². The third-order valence-electron chi connectivity index (χ3n) is 6.23. The molecule has 0 radical (unpaired) electrons. The summed E-state index contributed by atoms with van der Waals surface area (Å²) in [7, 11) is 0.0437. The van der Waals surface area contributed by atoms with E-state index in [0.29, 0.717) is 16.3 Å². The summed E-state index contributed by atoms with van der Waals surface area (Å²) in [5, 5.41) is 3.21. The first-order chi connectivity index (χ1) is 19.1. The highest BCUT2D eigenvalue weighted by Gasteiger charge is 2.34. The van der Waals surface area contributed by atoms with Crippen LogP contribution in [0.3, 0.4) is 0 Å². The van der Waals surface area contributed by atoms with Crippen molar-refractivity contribution in [2.45, 2.75) is 30.8 Å². The van der Waals surface area contributed by atoms with Crippen molar-refractivity contribution in [3.05, 3.63) is 82.3 Å². The number of ether oxygens (including phenoxy) is 2. The molecular weight excluding hydrogens is 577 g/mol. The molecule has 0 aliphatic carbocycles. The van der Waals surface area contributed by atoms with Crippen molar-refractivity contribution in [1.29, 1.82) is 0 Å². The molecule has 3 rings (SSSR count). The minimum atomic E-state index is -4.27. The maximum absolute atomic E-state index is 14.0. The number of hydrogen-bond acceptors (Lipinski definition) is 6. The Kier molecular flexibility index (Phi) is 10.7. The maximum Gasteiger partial charge on any atom is 0.264 e. The standard InChI is InChI=1S/C28H31Cl2N3O6S/c1-5-24(28(35)31-2)32(17-19-11-13-22(29)23(30)15-19)27(34)18-33(40(36,37)21-9-7-6-8-10-21)25-16-20(38-3)12-14-26(25)39-4/h6-16,24H,5,17-18H2,1-4H3,(H,31,35)/t24-/m1/s1. The number of nitrogens with one attached hydrogen (secondary N) is 1. The molecule has 3 aromatic rings. The fraction of sp³-hybridized carbons (Fsp3) is 0.286. The summed E-state index contributed by atoms with van der Waals surface area (Å²) in [6.45, 7) is 1.12. The highest BCUT2D eigenvalue weighted by atomic mass is 35.5. The van der Waals surface area contributed by atoms with Gasteiger partial charge in [0.05, 0.1) is 34.8 Å². The van der Waals surface area contributed by atoms with E-state index in [2.05, 4.69) is 5.32 Å². The van der Waals surface area contributed by atoms with Crippen LogP contribution in [0.4, 0.5) is 5.69 Å². The Morgan fingerprint density at radius 1 is 0.950 bits per heavy atom. The zero-order valence-electron chi connectivity index (χ0n) is 22.6. The minimum Gasteiger partial charge on any atom is -0.497 e. The van der Waals surface area contributed by atoms with Crippen LogP contribution in [-0.2, 0) is 26.2 Å². The molecule has 0 aromatic heterocycles. The summed E-state index contributed by atoms with van der Waals surface area (Å²) in [5.41, 5.74) is 0.711. The van der Waals surface area contributed by atoms with Gasteiger partial charge in [0.2, 0.25) is 11.8 Å². The highest BCUT2D eigenvalue weighted by Crippen LogP contribution is 2.36. The van der Waals surface area contributed by atoms with Crippen LogP contribution in [0.15, 0.2) is 71.6 Å². The van der Waals surface area contributed by atoms with E-state index in [-0.39, 0.29) is 34.3 Å². The van der Waals surface area contributed by atoms with Crippen LogP contribution in [0.25, 0.3) is 0 Å². The molecule has 0 bridgehead atoms. The fourth-order valence-electron chi connectivity index (χ4n) is 4.15. The smallest absolute Gasteiger partial charge is 0.264 e. The molecular formula is C28H31Cl2N3O6S. The van der Waals surface area contributed by atoms with Gasteiger partial charge >= 0.3 is 0 Å². The van der Waals surface area contributed by atoms with Crippen LogP contribution in [0.1, 0.15) is 18.9 Å². The molecule has 1 N–H and O–H groups in total. The molecule has 0 unspecified atom stereocenters. The summed E-state index contributed by atoms with van der Waals surface area (Å²) in [5.74, 6) is -0.443. The predicted molar refractivity (Wildman–Crippen MR) is 156 cm³/mol. The molecule has 2 amide bonds. The van der Waals surface area contributed by atoms with Gasteiger partial charge < -0.3 is 19.7 Å². The van der Waals surface area contributed by atoms with Crippen molar-refractivity contribution in [2.24, 2.45) is 0 Å². The maximum atomic E-state index is 14.0. The molecule has 0 spiro atoms. The first-order valence-electron chi connectivity index (χ1n) is 12.3. The minimum absolute atomic E-state index is 0.0177. The first kappa shape index (κ1) is 31.1. The van der Waals surface area contributed by atoms with Crippen LogP contribution in [0.2, 0.25) is 10.0 Å². The normalized spacial score (nSPS) is 11.8. The van der Waals surface area contributed by atoms with Gasteiger partial charge in [0.25, 0.3) is 10.0 Å². The molecule has 1 atom stereocenters. The number of anilines is 1. The zero-order valence-corrected chi connectivity index (χ0v) is 24.9. The van der Waals surface area contributed by atoms with Gasteiger partial charge in [-0.05, 0) is 48.4 Å². The summed E-state index contributed by atoms with van der Waals surface area (Å²) in [6, 6.07) is 16.4. The summed E-state index contributed by atoms with van der Waals surface area (Å²) in [6.07, 6.45) is 0.278. The van der Waals surface area contributed by atoms with Gasteiger partial charge in [-0.2, -0.15) is 0 Å². The number of amides is 2. The molecule has 0 aliphatic rings. The van der Waals surface area contributed by atoms with Crippen molar-refractivity contribution in [3.8, 4) is 11.5 Å². The van der Waals surface area contributed by atoms with Gasteiger partial charge in [0.1, 0.15) is 24.1 Å². The molecule has 0 heterocycles. The first-order valence-corrected chi connectivity index (χ1v) is 14.5. The third kappa shape index (κ3) is 6.99. The molecule has 40 heavy (non-hydrogen) atoms. The van der Waals surface area contributed by atoms with Crippen LogP contribution in [-0.4, -0.2) is 59.0 Å². The number of benzene rings is 3. The SMILES string of the molecule is CC[C@H](C(=O)NC)N(Cc1ccc(Cl)c(Cl)c1)C(=O)CN(c1cc(OC)ccc1OC)S(=O)(=O)c1ccccc1. The van der Waals surface area contributed by atoms with Crippen molar-refractivity contribution in [3.63, 3.8) is 0 Å². The Hall–Kier alpha value is -3.47. The molecule has 214 valence electrons. The predicted octanol–water partition coefficient (Wildman–Crippen LogP) is 4.76. The quantitative estimate of drug-likeness (QED) is 0.318. The average molecular weight is 609 g/mol. The summed E-state index contributed by atoms with van der Waals surface area (Å²) >= 11 is 12.3. The summed E-state index contributed by atoms with van der Waals surface area (Å²) < 4.78 is 39.7. The van der Waals surface area contributed by atoms with Crippen molar-refractivity contribution >= 4 is 50.7 Å². The van der Waals surface area contributed by atoms with Crippen LogP contribution >= 0.6 is 23.2 Å². The van der Waals surface area contributed by atoms with Crippen LogP contribution in [0, 0.1) is 0 Å². The lowest BCUT2D eigenvalue weighted by atomic mass is 10.1. The van der Waals surface area contributed by atoms with Gasteiger partial charge in [-0.3, -0.25) is 13.9 Å². The number of nitrogens with zero attached hydrogens (tertiary/aromatic N) is 2. The Balaban J connectivity index is 2.15. The highest BCUT2D eigenvalue weighted by molar-refractivity contribution is 7.92. The number of rotatable bonds is 12. The zero-order chi connectivity index (χ0) is 29.4. The molecule has 3 aromatic carbocycles. The fourth-order valence-corrected chi connectivity index (χ4v) is 5.90. The van der Waals surface area contributed by atoms with E-state index in [1.807, 2.05) is 0 Å². The molecule has 0 fully saturated rings. The van der Waals surface area contributed by atoms with E-state index < -0.39 is 34.4 Å². The lowest BCUT2D eigenvalue weighted by Gasteiger charge is -2.33. The van der Waals surface area contributed by atoms with Crippen molar-refractivity contribution in [2.75, 3.05) is 32.1 Å².